The van der Waals surface area contributed by atoms with Crippen molar-refractivity contribution in [3.63, 3.8) is 0 Å². The molecule has 0 saturated heterocycles. The van der Waals surface area contributed by atoms with Crippen LogP contribution < -0.4 is 11.1 Å². The van der Waals surface area contributed by atoms with E-state index in [0.29, 0.717) is 5.02 Å². The lowest BCUT2D eigenvalue weighted by Crippen LogP contribution is -2.35. The van der Waals surface area contributed by atoms with Crippen molar-refractivity contribution in [2.75, 3.05) is 0 Å². The summed E-state index contributed by atoms with van der Waals surface area (Å²) in [5.74, 6) is -0.407. The van der Waals surface area contributed by atoms with Crippen LogP contribution in [0.15, 0.2) is 54.6 Å². The lowest BCUT2D eigenvalue weighted by Gasteiger charge is -2.22. The molecule has 0 heterocycles. The molecule has 0 radical (unpaired) electrons. The molecular weight excluding hydrogens is 272 g/mol. The zero-order valence-electron chi connectivity index (χ0n) is 11.2. The summed E-state index contributed by atoms with van der Waals surface area (Å²) in [5, 5.41) is 3.90. The average molecular weight is 289 g/mol. The number of nitrogens with two attached hydrogens (primary N) is 1. The first-order valence-electron chi connectivity index (χ1n) is 6.44. The summed E-state index contributed by atoms with van der Waals surface area (Å²) < 4.78 is 0. The van der Waals surface area contributed by atoms with Gasteiger partial charge in [-0.3, -0.25) is 10.1 Å². The van der Waals surface area contributed by atoms with E-state index in [0.717, 1.165) is 11.1 Å². The fourth-order valence-corrected chi connectivity index (χ4v) is 2.45. The number of hydrogen-bond acceptors (Lipinski definition) is 2. The summed E-state index contributed by atoms with van der Waals surface area (Å²) in [6, 6.07) is 16.4. The third-order valence-corrected chi connectivity index (χ3v) is 3.55. The topological polar surface area (TPSA) is 55.1 Å². The van der Waals surface area contributed by atoms with Crippen molar-refractivity contribution in [1.29, 1.82) is 0 Å². The standard InChI is InChI=1S/C16H17ClN2O/c1-11(13-9-5-6-10-14(13)17)19-15(16(18)20)12-7-3-2-4-8-12/h2-11,15,19H,1H3,(H2,18,20)/t11-,15+/m0/s1. The number of primary amides is 1. The van der Waals surface area contributed by atoms with Crippen LogP contribution in [-0.2, 0) is 4.79 Å². The van der Waals surface area contributed by atoms with E-state index in [4.69, 9.17) is 17.3 Å². The fourth-order valence-electron chi connectivity index (χ4n) is 2.15. The highest BCUT2D eigenvalue weighted by Gasteiger charge is 2.21. The van der Waals surface area contributed by atoms with Crippen LogP contribution in [0.2, 0.25) is 5.02 Å². The van der Waals surface area contributed by atoms with Crippen molar-refractivity contribution < 1.29 is 4.79 Å². The maximum absolute atomic E-state index is 11.7. The Balaban J connectivity index is 2.21. The highest BCUT2D eigenvalue weighted by molar-refractivity contribution is 6.31. The second kappa shape index (κ2) is 6.55. The Hall–Kier alpha value is -1.84. The zero-order valence-corrected chi connectivity index (χ0v) is 12.0. The molecule has 0 aromatic heterocycles. The predicted octanol–water partition coefficient (Wildman–Crippen LogP) is 3.22. The molecule has 0 bridgehead atoms. The molecule has 1 amide bonds. The van der Waals surface area contributed by atoms with Gasteiger partial charge in [0.1, 0.15) is 6.04 Å². The van der Waals surface area contributed by atoms with Crippen LogP contribution in [0.5, 0.6) is 0 Å². The Morgan fingerprint density at radius 2 is 1.70 bits per heavy atom. The summed E-state index contributed by atoms with van der Waals surface area (Å²) in [7, 11) is 0. The number of nitrogens with one attached hydrogen (secondary N) is 1. The smallest absolute Gasteiger partial charge is 0.239 e. The first-order valence-corrected chi connectivity index (χ1v) is 6.82. The van der Waals surface area contributed by atoms with Gasteiger partial charge < -0.3 is 5.73 Å². The highest BCUT2D eigenvalue weighted by atomic mass is 35.5. The molecule has 2 rings (SSSR count). The summed E-state index contributed by atoms with van der Waals surface area (Å²) in [4.78, 5) is 11.7. The molecule has 0 aliphatic rings. The van der Waals surface area contributed by atoms with E-state index < -0.39 is 11.9 Å². The van der Waals surface area contributed by atoms with Gasteiger partial charge in [0, 0.05) is 11.1 Å². The van der Waals surface area contributed by atoms with E-state index in [1.165, 1.54) is 0 Å². The zero-order chi connectivity index (χ0) is 14.5. The molecule has 0 aliphatic heterocycles. The first-order chi connectivity index (χ1) is 9.59. The van der Waals surface area contributed by atoms with Crippen molar-refractivity contribution in [3.05, 3.63) is 70.7 Å². The normalized spacial score (nSPS) is 13.7. The lowest BCUT2D eigenvalue weighted by atomic mass is 10.0. The molecule has 2 aromatic rings. The number of rotatable bonds is 5. The van der Waals surface area contributed by atoms with Crippen LogP contribution in [0.3, 0.4) is 0 Å². The summed E-state index contributed by atoms with van der Waals surface area (Å²) in [5.41, 5.74) is 7.29. The van der Waals surface area contributed by atoms with Gasteiger partial charge in [0.15, 0.2) is 0 Å². The van der Waals surface area contributed by atoms with Crippen molar-refractivity contribution in [2.45, 2.75) is 19.0 Å². The molecule has 3 nitrogen and oxygen atoms in total. The van der Waals surface area contributed by atoms with E-state index in [-0.39, 0.29) is 6.04 Å². The minimum absolute atomic E-state index is 0.0820. The second-order valence-electron chi connectivity index (χ2n) is 4.66. The highest BCUT2D eigenvalue weighted by Crippen LogP contribution is 2.25. The van der Waals surface area contributed by atoms with E-state index in [1.807, 2.05) is 61.5 Å². The van der Waals surface area contributed by atoms with E-state index in [2.05, 4.69) is 5.32 Å². The molecule has 0 saturated carbocycles. The van der Waals surface area contributed by atoms with Gasteiger partial charge in [-0.15, -0.1) is 0 Å². The van der Waals surface area contributed by atoms with Crippen LogP contribution in [-0.4, -0.2) is 5.91 Å². The fraction of sp³-hybridized carbons (Fsp3) is 0.188. The van der Waals surface area contributed by atoms with Gasteiger partial charge in [0.2, 0.25) is 5.91 Å². The number of amides is 1. The SMILES string of the molecule is C[C@H](N[C@@H](C(N)=O)c1ccccc1)c1ccccc1Cl. The van der Waals surface area contributed by atoms with Gasteiger partial charge in [-0.05, 0) is 24.1 Å². The Kier molecular flexibility index (Phi) is 4.77. The minimum Gasteiger partial charge on any atom is -0.368 e. The molecule has 4 heteroatoms. The maximum atomic E-state index is 11.7. The number of hydrogen-bond donors (Lipinski definition) is 2. The monoisotopic (exact) mass is 288 g/mol. The third kappa shape index (κ3) is 3.38. The van der Waals surface area contributed by atoms with Crippen LogP contribution in [0, 0.1) is 0 Å². The van der Waals surface area contributed by atoms with Gasteiger partial charge in [-0.25, -0.2) is 0 Å². The second-order valence-corrected chi connectivity index (χ2v) is 5.06. The van der Waals surface area contributed by atoms with Crippen LogP contribution in [0.4, 0.5) is 0 Å². The minimum atomic E-state index is -0.539. The molecule has 0 spiro atoms. The van der Waals surface area contributed by atoms with Gasteiger partial charge in [-0.1, -0.05) is 60.1 Å². The molecule has 0 fully saturated rings. The summed E-state index contributed by atoms with van der Waals surface area (Å²) >= 11 is 6.17. The van der Waals surface area contributed by atoms with Gasteiger partial charge in [0.05, 0.1) is 0 Å². The lowest BCUT2D eigenvalue weighted by molar-refractivity contribution is -0.120. The van der Waals surface area contributed by atoms with Crippen molar-refractivity contribution in [3.8, 4) is 0 Å². The average Bonchev–Trinajstić information content (AvgIpc) is 2.45. The van der Waals surface area contributed by atoms with Crippen molar-refractivity contribution in [1.82, 2.24) is 5.32 Å². The Bertz CT molecular complexity index is 586. The molecule has 2 aromatic carbocycles. The maximum Gasteiger partial charge on any atom is 0.239 e. The van der Waals surface area contributed by atoms with E-state index in [1.54, 1.807) is 0 Å². The predicted molar refractivity (Wildman–Crippen MR) is 81.4 cm³/mol. The quantitative estimate of drug-likeness (QED) is 0.887. The van der Waals surface area contributed by atoms with Crippen LogP contribution in [0.1, 0.15) is 30.1 Å². The van der Waals surface area contributed by atoms with Crippen LogP contribution >= 0.6 is 11.6 Å². The van der Waals surface area contributed by atoms with Crippen molar-refractivity contribution >= 4 is 17.5 Å². The van der Waals surface area contributed by atoms with Gasteiger partial charge in [-0.2, -0.15) is 0 Å². The number of benzene rings is 2. The summed E-state index contributed by atoms with van der Waals surface area (Å²) in [6.45, 7) is 1.96. The molecule has 3 N–H and O–H groups in total. The third-order valence-electron chi connectivity index (χ3n) is 3.21. The Morgan fingerprint density at radius 1 is 1.10 bits per heavy atom. The number of carbonyl (C=O) groups excluding carboxylic acids is 1. The van der Waals surface area contributed by atoms with Gasteiger partial charge in [0.25, 0.3) is 0 Å². The van der Waals surface area contributed by atoms with Crippen molar-refractivity contribution in [2.24, 2.45) is 5.73 Å². The molecule has 0 unspecified atom stereocenters. The van der Waals surface area contributed by atoms with Crippen LogP contribution in [0.25, 0.3) is 0 Å². The molecule has 104 valence electrons. The molecular formula is C16H17ClN2O. The van der Waals surface area contributed by atoms with E-state index >= 15 is 0 Å². The Labute approximate surface area is 123 Å². The van der Waals surface area contributed by atoms with Gasteiger partial charge >= 0.3 is 0 Å². The molecule has 0 aliphatic carbocycles. The number of carbonyl (C=O) groups is 1. The first kappa shape index (κ1) is 14.6. The summed E-state index contributed by atoms with van der Waals surface area (Å²) in [6.07, 6.45) is 0. The largest absolute Gasteiger partial charge is 0.368 e. The Morgan fingerprint density at radius 3 is 2.30 bits per heavy atom. The number of halogens is 1. The van der Waals surface area contributed by atoms with E-state index in [9.17, 15) is 4.79 Å². The molecule has 20 heavy (non-hydrogen) atoms. The molecule has 2 atom stereocenters.